The number of para-hydroxylation sites is 2. The minimum Gasteiger partial charge on any atom is -0.276 e. The molecule has 5 rings (SSSR count). The number of H-pyrrole nitrogens is 1. The van der Waals surface area contributed by atoms with E-state index < -0.39 is 0 Å². The smallest absolute Gasteiger partial charge is 0.167 e. The molecule has 0 bridgehead atoms. The van der Waals surface area contributed by atoms with E-state index in [0.29, 0.717) is 5.02 Å². The topological polar surface area (TPSA) is 46.0 Å². The number of aromatic nitrogens is 4. The summed E-state index contributed by atoms with van der Waals surface area (Å²) in [6, 6.07) is 15.9. The van der Waals surface area contributed by atoms with Crippen LogP contribution < -0.4 is 0 Å². The lowest BCUT2D eigenvalue weighted by Crippen LogP contribution is -1.89. The van der Waals surface area contributed by atoms with Crippen LogP contribution in [-0.4, -0.2) is 19.6 Å². The van der Waals surface area contributed by atoms with Crippen molar-refractivity contribution in [2.75, 3.05) is 0 Å². The van der Waals surface area contributed by atoms with E-state index in [-0.39, 0.29) is 0 Å². The number of benzene rings is 2. The fourth-order valence-electron chi connectivity index (χ4n) is 2.94. The highest BCUT2D eigenvalue weighted by atomic mass is 35.5. The molecule has 0 saturated heterocycles. The molecule has 0 aliphatic rings. The molecule has 5 heteroatoms. The van der Waals surface area contributed by atoms with Crippen molar-refractivity contribution in [3.05, 3.63) is 53.6 Å². The maximum absolute atomic E-state index is 6.13. The third-order valence-corrected chi connectivity index (χ3v) is 4.10. The van der Waals surface area contributed by atoms with E-state index in [9.17, 15) is 0 Å². The number of hydrogen-bond acceptors (Lipinski definition) is 2. The van der Waals surface area contributed by atoms with Crippen molar-refractivity contribution in [3.8, 4) is 0 Å². The first-order valence-corrected chi connectivity index (χ1v) is 7.02. The maximum atomic E-state index is 6.13. The number of aromatic amines is 1. The molecule has 3 aromatic heterocycles. The molecule has 4 nitrogen and oxygen atoms in total. The monoisotopic (exact) mass is 292 g/mol. The number of nitrogens with one attached hydrogen (secondary N) is 1. The van der Waals surface area contributed by atoms with Gasteiger partial charge in [-0.1, -0.05) is 23.7 Å². The fourth-order valence-corrected chi connectivity index (χ4v) is 3.11. The lowest BCUT2D eigenvalue weighted by molar-refractivity contribution is 1.08. The van der Waals surface area contributed by atoms with Gasteiger partial charge in [-0.15, -0.1) is 0 Å². The van der Waals surface area contributed by atoms with Crippen molar-refractivity contribution in [2.45, 2.75) is 0 Å². The second-order valence-corrected chi connectivity index (χ2v) is 5.53. The summed E-state index contributed by atoms with van der Waals surface area (Å²) >= 11 is 6.13. The van der Waals surface area contributed by atoms with Gasteiger partial charge in [-0.3, -0.25) is 9.50 Å². The molecule has 0 radical (unpaired) electrons. The molecule has 100 valence electrons. The van der Waals surface area contributed by atoms with E-state index >= 15 is 0 Å². The Morgan fingerprint density at radius 2 is 1.90 bits per heavy atom. The zero-order valence-electron chi connectivity index (χ0n) is 10.8. The van der Waals surface area contributed by atoms with Gasteiger partial charge in [0.2, 0.25) is 0 Å². The number of imidazole rings is 1. The Bertz CT molecular complexity index is 1150. The summed E-state index contributed by atoms with van der Waals surface area (Å²) < 4.78 is 2.07. The van der Waals surface area contributed by atoms with Gasteiger partial charge in [0.1, 0.15) is 5.65 Å². The average Bonchev–Trinajstić information content (AvgIpc) is 3.02. The lowest BCUT2D eigenvalue weighted by Gasteiger charge is -2.01. The fraction of sp³-hybridized carbons (Fsp3) is 0. The van der Waals surface area contributed by atoms with Gasteiger partial charge in [-0.2, -0.15) is 5.10 Å². The van der Waals surface area contributed by atoms with Gasteiger partial charge in [-0.25, -0.2) is 4.98 Å². The van der Waals surface area contributed by atoms with Crippen LogP contribution in [0, 0.1) is 0 Å². The number of hydrogen-bond donors (Lipinski definition) is 1. The molecular formula is C16H9ClN4. The lowest BCUT2D eigenvalue weighted by atomic mass is 10.2. The van der Waals surface area contributed by atoms with Gasteiger partial charge in [-0.05, 0) is 36.4 Å². The molecule has 0 atom stereocenters. The number of rotatable bonds is 0. The SMILES string of the molecule is Clc1ccc2[nH]nc3c(cc4nc5ccccc5n43)c2c1. The molecule has 0 unspecified atom stereocenters. The van der Waals surface area contributed by atoms with Crippen LogP contribution in [0.1, 0.15) is 0 Å². The van der Waals surface area contributed by atoms with Crippen LogP contribution in [0.4, 0.5) is 0 Å². The predicted octanol–water partition coefficient (Wildman–Crippen LogP) is 4.17. The van der Waals surface area contributed by atoms with Crippen LogP contribution in [0.2, 0.25) is 5.02 Å². The summed E-state index contributed by atoms with van der Waals surface area (Å²) in [5.74, 6) is 0. The van der Waals surface area contributed by atoms with Gasteiger partial charge >= 0.3 is 0 Å². The first-order chi connectivity index (χ1) is 10.3. The zero-order chi connectivity index (χ0) is 14.0. The van der Waals surface area contributed by atoms with E-state index in [1.165, 1.54) is 0 Å². The van der Waals surface area contributed by atoms with Crippen LogP contribution in [0.3, 0.4) is 0 Å². The summed E-state index contributed by atoms with van der Waals surface area (Å²) in [7, 11) is 0. The summed E-state index contributed by atoms with van der Waals surface area (Å²) in [5, 5.41) is 10.4. The van der Waals surface area contributed by atoms with E-state index in [1.807, 2.05) is 36.4 Å². The van der Waals surface area contributed by atoms with E-state index in [0.717, 1.165) is 38.6 Å². The molecule has 0 spiro atoms. The zero-order valence-corrected chi connectivity index (χ0v) is 11.6. The largest absolute Gasteiger partial charge is 0.276 e. The molecule has 0 aliphatic carbocycles. The van der Waals surface area contributed by atoms with Crippen LogP contribution in [0.15, 0.2) is 48.5 Å². The van der Waals surface area contributed by atoms with Gasteiger partial charge < -0.3 is 0 Å². The van der Waals surface area contributed by atoms with Crippen molar-refractivity contribution >= 4 is 50.2 Å². The Balaban J connectivity index is 2.07. The Morgan fingerprint density at radius 1 is 1.00 bits per heavy atom. The molecule has 0 amide bonds. The number of fused-ring (bicyclic) bond motifs is 7. The van der Waals surface area contributed by atoms with Gasteiger partial charge in [0.25, 0.3) is 0 Å². The normalized spacial score (nSPS) is 12.0. The quantitative estimate of drug-likeness (QED) is 0.465. The third kappa shape index (κ3) is 1.40. The van der Waals surface area contributed by atoms with Gasteiger partial charge in [0.15, 0.2) is 5.65 Å². The highest BCUT2D eigenvalue weighted by Crippen LogP contribution is 2.29. The summed E-state index contributed by atoms with van der Waals surface area (Å²) in [5.41, 5.74) is 4.77. The highest BCUT2D eigenvalue weighted by Gasteiger charge is 2.13. The van der Waals surface area contributed by atoms with Crippen molar-refractivity contribution in [2.24, 2.45) is 0 Å². The standard InChI is InChI=1S/C16H9ClN4/c17-9-5-6-12-10(7-9)11-8-15-18-13-3-1-2-4-14(13)21(15)16(11)20-19-12/h1-8,19H. The van der Waals surface area contributed by atoms with Crippen LogP contribution >= 0.6 is 11.6 Å². The van der Waals surface area contributed by atoms with Crippen molar-refractivity contribution in [3.63, 3.8) is 0 Å². The minimum atomic E-state index is 0.715. The molecule has 3 heterocycles. The van der Waals surface area contributed by atoms with Crippen LogP contribution in [0.25, 0.3) is 38.6 Å². The first kappa shape index (κ1) is 11.1. The summed E-state index contributed by atoms with van der Waals surface area (Å²) in [6.45, 7) is 0. The van der Waals surface area contributed by atoms with Gasteiger partial charge in [0, 0.05) is 15.8 Å². The summed E-state index contributed by atoms with van der Waals surface area (Å²) in [6.07, 6.45) is 0. The van der Waals surface area contributed by atoms with E-state index in [2.05, 4.69) is 31.7 Å². The second-order valence-electron chi connectivity index (χ2n) is 5.09. The molecular weight excluding hydrogens is 284 g/mol. The predicted molar refractivity (Wildman–Crippen MR) is 84.9 cm³/mol. The van der Waals surface area contributed by atoms with E-state index in [1.54, 1.807) is 0 Å². The molecule has 0 fully saturated rings. The van der Waals surface area contributed by atoms with Crippen molar-refractivity contribution in [1.29, 1.82) is 0 Å². The number of halogens is 1. The summed E-state index contributed by atoms with van der Waals surface area (Å²) in [4.78, 5) is 4.66. The molecule has 21 heavy (non-hydrogen) atoms. The molecule has 2 aromatic carbocycles. The first-order valence-electron chi connectivity index (χ1n) is 6.65. The Kier molecular flexibility index (Phi) is 1.98. The van der Waals surface area contributed by atoms with Crippen molar-refractivity contribution in [1.82, 2.24) is 19.6 Å². The Morgan fingerprint density at radius 3 is 2.86 bits per heavy atom. The molecule has 0 aliphatic heterocycles. The molecule has 5 aromatic rings. The van der Waals surface area contributed by atoms with Crippen molar-refractivity contribution < 1.29 is 0 Å². The minimum absolute atomic E-state index is 0.715. The Labute approximate surface area is 124 Å². The van der Waals surface area contributed by atoms with Crippen LogP contribution in [0.5, 0.6) is 0 Å². The molecule has 1 N–H and O–H groups in total. The number of nitrogens with zero attached hydrogens (tertiary/aromatic N) is 3. The van der Waals surface area contributed by atoms with Gasteiger partial charge in [0.05, 0.1) is 16.6 Å². The highest BCUT2D eigenvalue weighted by molar-refractivity contribution is 6.31. The average molecular weight is 293 g/mol. The third-order valence-electron chi connectivity index (χ3n) is 3.87. The van der Waals surface area contributed by atoms with Crippen LogP contribution in [-0.2, 0) is 0 Å². The Hall–Kier alpha value is -2.59. The van der Waals surface area contributed by atoms with E-state index in [4.69, 9.17) is 11.6 Å². The maximum Gasteiger partial charge on any atom is 0.167 e. The second kappa shape index (κ2) is 3.74. The molecule has 0 saturated carbocycles.